The van der Waals surface area contributed by atoms with Gasteiger partial charge in [0.05, 0.1) is 0 Å². The zero-order valence-electron chi connectivity index (χ0n) is 8.57. The third-order valence-electron chi connectivity index (χ3n) is 2.92. The molecule has 0 bridgehead atoms. The van der Waals surface area contributed by atoms with Crippen LogP contribution in [0.4, 0.5) is 5.82 Å². The van der Waals surface area contributed by atoms with Gasteiger partial charge in [0.25, 0.3) is 0 Å². The van der Waals surface area contributed by atoms with Crippen molar-refractivity contribution in [3.63, 3.8) is 0 Å². The molecule has 0 aromatic carbocycles. The average molecular weight is 211 g/mol. The lowest BCUT2D eigenvalue weighted by atomic mass is 10.2. The largest absolute Gasteiger partial charge is 0.351 e. The molecule has 0 N–H and O–H groups in total. The second-order valence-corrected chi connectivity index (χ2v) is 4.39. The van der Waals surface area contributed by atoms with Crippen molar-refractivity contribution >= 4 is 17.4 Å². The van der Waals surface area contributed by atoms with Crippen molar-refractivity contribution in [3.8, 4) is 0 Å². The zero-order valence-corrected chi connectivity index (χ0v) is 9.33. The van der Waals surface area contributed by atoms with Crippen LogP contribution in [0.5, 0.6) is 0 Å². The van der Waals surface area contributed by atoms with Crippen LogP contribution in [0.3, 0.4) is 0 Å². The summed E-state index contributed by atoms with van der Waals surface area (Å²) in [5.41, 5.74) is 0. The molecule has 1 aromatic rings. The van der Waals surface area contributed by atoms with Crippen LogP contribution in [0.1, 0.15) is 26.7 Å². The Morgan fingerprint density at radius 3 is 2.50 bits per heavy atom. The first-order valence-electron chi connectivity index (χ1n) is 5.09. The summed E-state index contributed by atoms with van der Waals surface area (Å²) >= 11 is 5.88. The second kappa shape index (κ2) is 3.77. The highest BCUT2D eigenvalue weighted by atomic mass is 35.5. The molecule has 1 aliphatic heterocycles. The van der Waals surface area contributed by atoms with E-state index in [0.29, 0.717) is 17.2 Å². The van der Waals surface area contributed by atoms with Gasteiger partial charge in [0.1, 0.15) is 11.0 Å². The molecule has 1 aromatic heterocycles. The lowest BCUT2D eigenvalue weighted by Crippen LogP contribution is -2.33. The molecule has 0 aliphatic carbocycles. The molecule has 2 rings (SSSR count). The molecule has 1 aliphatic rings. The van der Waals surface area contributed by atoms with Gasteiger partial charge < -0.3 is 4.90 Å². The number of aromatic nitrogens is 1. The minimum atomic E-state index is 0.578. The van der Waals surface area contributed by atoms with Crippen molar-refractivity contribution in [2.45, 2.75) is 38.8 Å². The molecule has 1 fully saturated rings. The molecular formula is C11H15ClN2. The van der Waals surface area contributed by atoms with Crippen LogP contribution in [0.2, 0.25) is 5.15 Å². The lowest BCUT2D eigenvalue weighted by Gasteiger charge is -2.27. The fourth-order valence-corrected chi connectivity index (χ4v) is 2.35. The highest BCUT2D eigenvalue weighted by molar-refractivity contribution is 6.29. The highest BCUT2D eigenvalue weighted by Crippen LogP contribution is 2.29. The maximum atomic E-state index is 5.88. The molecule has 14 heavy (non-hydrogen) atoms. The van der Waals surface area contributed by atoms with Gasteiger partial charge in [-0.3, -0.25) is 0 Å². The summed E-state index contributed by atoms with van der Waals surface area (Å²) in [7, 11) is 0. The Morgan fingerprint density at radius 1 is 1.29 bits per heavy atom. The van der Waals surface area contributed by atoms with E-state index in [-0.39, 0.29) is 0 Å². The molecule has 0 amide bonds. The molecule has 3 heteroatoms. The Kier molecular flexibility index (Phi) is 2.64. The molecule has 1 saturated heterocycles. The number of rotatable bonds is 1. The molecule has 2 nitrogen and oxygen atoms in total. The molecular weight excluding hydrogens is 196 g/mol. The third kappa shape index (κ3) is 1.71. The molecule has 2 heterocycles. The molecule has 76 valence electrons. The maximum Gasteiger partial charge on any atom is 0.131 e. The monoisotopic (exact) mass is 210 g/mol. The summed E-state index contributed by atoms with van der Waals surface area (Å²) in [6.45, 7) is 4.48. The molecule has 0 radical (unpaired) electrons. The van der Waals surface area contributed by atoms with Gasteiger partial charge in [-0.05, 0) is 38.8 Å². The average Bonchev–Trinajstić information content (AvgIpc) is 2.46. The summed E-state index contributed by atoms with van der Waals surface area (Å²) < 4.78 is 0. The van der Waals surface area contributed by atoms with E-state index in [2.05, 4.69) is 23.7 Å². The van der Waals surface area contributed by atoms with Crippen LogP contribution in [0.25, 0.3) is 0 Å². The highest BCUT2D eigenvalue weighted by Gasteiger charge is 2.28. The first kappa shape index (κ1) is 9.78. The quantitative estimate of drug-likeness (QED) is 0.663. The fourth-order valence-electron chi connectivity index (χ4n) is 2.19. The van der Waals surface area contributed by atoms with E-state index in [1.807, 2.05) is 18.2 Å². The minimum absolute atomic E-state index is 0.578. The summed E-state index contributed by atoms with van der Waals surface area (Å²) in [6, 6.07) is 6.97. The van der Waals surface area contributed by atoms with Gasteiger partial charge in [-0.2, -0.15) is 0 Å². The van der Waals surface area contributed by atoms with Crippen LogP contribution in [0, 0.1) is 0 Å². The fraction of sp³-hybridized carbons (Fsp3) is 0.545. The Labute approximate surface area is 89.9 Å². The summed E-state index contributed by atoms with van der Waals surface area (Å²) in [4.78, 5) is 6.70. The van der Waals surface area contributed by atoms with Gasteiger partial charge in [0, 0.05) is 12.1 Å². The van der Waals surface area contributed by atoms with E-state index in [9.17, 15) is 0 Å². The molecule has 2 atom stereocenters. The van der Waals surface area contributed by atoms with E-state index in [1.165, 1.54) is 12.8 Å². The molecule has 0 spiro atoms. The number of anilines is 1. The van der Waals surface area contributed by atoms with Crippen LogP contribution in [-0.4, -0.2) is 17.1 Å². The maximum absolute atomic E-state index is 5.88. The Balaban J connectivity index is 2.29. The van der Waals surface area contributed by atoms with E-state index in [1.54, 1.807) is 0 Å². The zero-order chi connectivity index (χ0) is 10.1. The van der Waals surface area contributed by atoms with E-state index in [0.717, 1.165) is 5.82 Å². The first-order valence-corrected chi connectivity index (χ1v) is 5.47. The van der Waals surface area contributed by atoms with E-state index in [4.69, 9.17) is 11.6 Å². The van der Waals surface area contributed by atoms with Crippen molar-refractivity contribution in [3.05, 3.63) is 23.4 Å². The molecule has 2 unspecified atom stereocenters. The van der Waals surface area contributed by atoms with Gasteiger partial charge in [-0.25, -0.2) is 4.98 Å². The van der Waals surface area contributed by atoms with Gasteiger partial charge in [-0.1, -0.05) is 17.7 Å². The SMILES string of the molecule is CC1CCC(C)N1c1cccc(Cl)n1. The summed E-state index contributed by atoms with van der Waals surface area (Å²) in [5.74, 6) is 1.01. The number of nitrogens with zero attached hydrogens (tertiary/aromatic N) is 2. The topological polar surface area (TPSA) is 16.1 Å². The van der Waals surface area contributed by atoms with Gasteiger partial charge in [0.15, 0.2) is 0 Å². The van der Waals surface area contributed by atoms with Gasteiger partial charge in [0.2, 0.25) is 0 Å². The van der Waals surface area contributed by atoms with Crippen molar-refractivity contribution < 1.29 is 0 Å². The molecule has 0 saturated carbocycles. The van der Waals surface area contributed by atoms with Crippen LogP contribution in [0.15, 0.2) is 18.2 Å². The van der Waals surface area contributed by atoms with E-state index >= 15 is 0 Å². The standard InChI is InChI=1S/C11H15ClN2/c1-8-6-7-9(2)14(8)11-5-3-4-10(12)13-11/h3-5,8-9H,6-7H2,1-2H3. The Morgan fingerprint density at radius 2 is 1.93 bits per heavy atom. The first-order chi connectivity index (χ1) is 6.68. The minimum Gasteiger partial charge on any atom is -0.351 e. The number of halogens is 1. The van der Waals surface area contributed by atoms with Crippen molar-refractivity contribution in [1.82, 2.24) is 4.98 Å². The van der Waals surface area contributed by atoms with Gasteiger partial charge in [-0.15, -0.1) is 0 Å². The van der Waals surface area contributed by atoms with Crippen LogP contribution < -0.4 is 4.90 Å². The van der Waals surface area contributed by atoms with Crippen LogP contribution in [-0.2, 0) is 0 Å². The predicted octanol–water partition coefficient (Wildman–Crippen LogP) is 3.11. The second-order valence-electron chi connectivity index (χ2n) is 4.00. The van der Waals surface area contributed by atoms with Crippen molar-refractivity contribution in [2.24, 2.45) is 0 Å². The van der Waals surface area contributed by atoms with Crippen molar-refractivity contribution in [1.29, 1.82) is 0 Å². The summed E-state index contributed by atoms with van der Waals surface area (Å²) in [5, 5.41) is 0.578. The third-order valence-corrected chi connectivity index (χ3v) is 3.13. The normalized spacial score (nSPS) is 26.9. The van der Waals surface area contributed by atoms with Gasteiger partial charge >= 0.3 is 0 Å². The number of pyridine rings is 1. The van der Waals surface area contributed by atoms with Crippen LogP contribution >= 0.6 is 11.6 Å². The van der Waals surface area contributed by atoms with Crippen molar-refractivity contribution in [2.75, 3.05) is 4.90 Å². The Hall–Kier alpha value is -0.760. The Bertz CT molecular complexity index is 317. The summed E-state index contributed by atoms with van der Waals surface area (Å²) in [6.07, 6.45) is 2.49. The predicted molar refractivity (Wildman–Crippen MR) is 59.9 cm³/mol. The lowest BCUT2D eigenvalue weighted by molar-refractivity contribution is 0.683. The van der Waals surface area contributed by atoms with E-state index < -0.39 is 0 Å². The number of hydrogen-bond donors (Lipinski definition) is 0. The number of hydrogen-bond acceptors (Lipinski definition) is 2. The smallest absolute Gasteiger partial charge is 0.131 e.